The summed E-state index contributed by atoms with van der Waals surface area (Å²) in [7, 11) is 1.46. The van der Waals surface area contributed by atoms with Crippen molar-refractivity contribution >= 4 is 17.4 Å². The number of rotatable bonds is 1. The van der Waals surface area contributed by atoms with Crippen LogP contribution in [0.15, 0.2) is 6.20 Å². The molecule has 5 heteroatoms. The molecule has 1 aromatic heterocycles. The van der Waals surface area contributed by atoms with Crippen molar-refractivity contribution in [2.45, 2.75) is 0 Å². The molecule has 0 atom stereocenters. The SMILES string of the molecule is COc1ncc(N)nc1Cl. The summed E-state index contributed by atoms with van der Waals surface area (Å²) in [4.78, 5) is 7.45. The molecule has 54 valence electrons. The summed E-state index contributed by atoms with van der Waals surface area (Å²) in [5.74, 6) is 0.571. The molecule has 0 aliphatic carbocycles. The highest BCUT2D eigenvalue weighted by molar-refractivity contribution is 6.30. The highest BCUT2D eigenvalue weighted by Gasteiger charge is 2.01. The van der Waals surface area contributed by atoms with Crippen LogP contribution in [0.1, 0.15) is 0 Å². The molecule has 0 saturated heterocycles. The molecule has 2 N–H and O–H groups in total. The monoisotopic (exact) mass is 159 g/mol. The van der Waals surface area contributed by atoms with E-state index in [4.69, 9.17) is 22.1 Å². The van der Waals surface area contributed by atoms with Crippen LogP contribution >= 0.6 is 11.6 Å². The molecule has 1 heterocycles. The standard InChI is InChI=1S/C5H6ClN3O/c1-10-5-4(6)9-3(7)2-8-5/h2H,1H3,(H2,7,9). The van der Waals surface area contributed by atoms with Gasteiger partial charge in [0.1, 0.15) is 5.82 Å². The normalized spacial score (nSPS) is 9.40. The van der Waals surface area contributed by atoms with E-state index >= 15 is 0 Å². The minimum atomic E-state index is 0.183. The largest absolute Gasteiger partial charge is 0.479 e. The Hall–Kier alpha value is -1.03. The number of nitrogens with two attached hydrogens (primary N) is 1. The molecule has 0 aliphatic rings. The maximum absolute atomic E-state index is 5.55. The summed E-state index contributed by atoms with van der Waals surface area (Å²) < 4.78 is 4.74. The summed E-state index contributed by atoms with van der Waals surface area (Å²) in [5.41, 5.74) is 5.27. The fourth-order valence-electron chi connectivity index (χ4n) is 0.505. The first-order chi connectivity index (χ1) is 4.74. The maximum atomic E-state index is 5.55. The number of hydrogen-bond donors (Lipinski definition) is 1. The molecule has 0 bridgehead atoms. The van der Waals surface area contributed by atoms with Crippen LogP contribution in [0.2, 0.25) is 5.15 Å². The van der Waals surface area contributed by atoms with Gasteiger partial charge in [0.25, 0.3) is 5.88 Å². The van der Waals surface area contributed by atoms with Crippen molar-refractivity contribution in [2.24, 2.45) is 0 Å². The second-order valence-electron chi connectivity index (χ2n) is 1.59. The van der Waals surface area contributed by atoms with E-state index < -0.39 is 0 Å². The summed E-state index contributed by atoms with van der Waals surface area (Å²) in [6, 6.07) is 0. The van der Waals surface area contributed by atoms with Gasteiger partial charge in [-0.05, 0) is 0 Å². The number of halogens is 1. The molecular weight excluding hydrogens is 154 g/mol. The Morgan fingerprint density at radius 1 is 1.70 bits per heavy atom. The first kappa shape index (κ1) is 7.08. The molecule has 4 nitrogen and oxygen atoms in total. The molecule has 0 amide bonds. The molecule has 0 saturated carbocycles. The van der Waals surface area contributed by atoms with Gasteiger partial charge in [0.2, 0.25) is 0 Å². The number of aromatic nitrogens is 2. The Morgan fingerprint density at radius 3 is 2.90 bits per heavy atom. The fraction of sp³-hybridized carbons (Fsp3) is 0.200. The number of hydrogen-bond acceptors (Lipinski definition) is 4. The minimum absolute atomic E-state index is 0.183. The topological polar surface area (TPSA) is 61.0 Å². The Kier molecular flexibility index (Phi) is 1.91. The van der Waals surface area contributed by atoms with Crippen molar-refractivity contribution in [1.29, 1.82) is 0 Å². The van der Waals surface area contributed by atoms with Gasteiger partial charge in [0.05, 0.1) is 13.3 Å². The van der Waals surface area contributed by atoms with Gasteiger partial charge in [-0.25, -0.2) is 9.97 Å². The Bertz CT molecular complexity index is 240. The van der Waals surface area contributed by atoms with E-state index in [2.05, 4.69) is 9.97 Å². The van der Waals surface area contributed by atoms with E-state index in [0.29, 0.717) is 0 Å². The third kappa shape index (κ3) is 1.27. The van der Waals surface area contributed by atoms with E-state index in [-0.39, 0.29) is 16.9 Å². The number of nitrogen functional groups attached to an aromatic ring is 1. The molecular formula is C5H6ClN3O. The van der Waals surface area contributed by atoms with Crippen LogP contribution in [-0.2, 0) is 0 Å². The molecule has 0 spiro atoms. The van der Waals surface area contributed by atoms with Crippen LogP contribution in [0.5, 0.6) is 5.88 Å². The lowest BCUT2D eigenvalue weighted by atomic mass is 10.7. The first-order valence-corrected chi connectivity index (χ1v) is 2.94. The summed E-state index contributed by atoms with van der Waals surface area (Å²) >= 11 is 5.55. The second kappa shape index (κ2) is 2.70. The van der Waals surface area contributed by atoms with Crippen LogP contribution in [0, 0.1) is 0 Å². The maximum Gasteiger partial charge on any atom is 0.251 e. The smallest absolute Gasteiger partial charge is 0.251 e. The summed E-state index contributed by atoms with van der Waals surface area (Å²) in [6.45, 7) is 0. The third-order valence-corrected chi connectivity index (χ3v) is 1.16. The summed E-state index contributed by atoms with van der Waals surface area (Å²) in [5, 5.41) is 0.183. The molecule has 0 radical (unpaired) electrons. The van der Waals surface area contributed by atoms with Crippen LogP contribution < -0.4 is 10.5 Å². The van der Waals surface area contributed by atoms with Gasteiger partial charge in [-0.15, -0.1) is 0 Å². The first-order valence-electron chi connectivity index (χ1n) is 2.56. The molecule has 0 unspecified atom stereocenters. The number of nitrogens with zero attached hydrogens (tertiary/aromatic N) is 2. The summed E-state index contributed by atoms with van der Waals surface area (Å²) in [6.07, 6.45) is 1.38. The average Bonchev–Trinajstić information content (AvgIpc) is 1.88. The molecule has 1 rings (SSSR count). The van der Waals surface area contributed by atoms with Gasteiger partial charge < -0.3 is 10.5 Å². The van der Waals surface area contributed by atoms with Crippen LogP contribution in [0.25, 0.3) is 0 Å². The van der Waals surface area contributed by atoms with Gasteiger partial charge in [0.15, 0.2) is 5.15 Å². The zero-order valence-corrected chi connectivity index (χ0v) is 6.09. The average molecular weight is 160 g/mol. The zero-order chi connectivity index (χ0) is 7.56. The van der Waals surface area contributed by atoms with E-state index in [9.17, 15) is 0 Å². The molecule has 0 aromatic carbocycles. The van der Waals surface area contributed by atoms with E-state index in [0.717, 1.165) is 0 Å². The van der Waals surface area contributed by atoms with Crippen LogP contribution in [-0.4, -0.2) is 17.1 Å². The highest BCUT2D eigenvalue weighted by Crippen LogP contribution is 2.18. The van der Waals surface area contributed by atoms with Crippen LogP contribution in [0.3, 0.4) is 0 Å². The van der Waals surface area contributed by atoms with Crippen molar-refractivity contribution in [3.05, 3.63) is 11.3 Å². The lowest BCUT2D eigenvalue weighted by molar-refractivity contribution is 0.396. The van der Waals surface area contributed by atoms with E-state index in [1.807, 2.05) is 0 Å². The lowest BCUT2D eigenvalue weighted by Crippen LogP contribution is -1.95. The van der Waals surface area contributed by atoms with Crippen molar-refractivity contribution in [3.8, 4) is 5.88 Å². The Balaban J connectivity index is 3.07. The molecule has 10 heavy (non-hydrogen) atoms. The fourth-order valence-corrected chi connectivity index (χ4v) is 0.729. The van der Waals surface area contributed by atoms with Crippen LogP contribution in [0.4, 0.5) is 5.82 Å². The van der Waals surface area contributed by atoms with Crippen molar-refractivity contribution in [2.75, 3.05) is 12.8 Å². The van der Waals surface area contributed by atoms with E-state index in [1.165, 1.54) is 13.3 Å². The predicted molar refractivity (Wildman–Crippen MR) is 38.0 cm³/mol. The molecule has 0 aliphatic heterocycles. The minimum Gasteiger partial charge on any atom is -0.479 e. The third-order valence-electron chi connectivity index (χ3n) is 0.911. The number of ether oxygens (including phenoxy) is 1. The number of methoxy groups -OCH3 is 1. The Morgan fingerprint density at radius 2 is 2.40 bits per heavy atom. The lowest BCUT2D eigenvalue weighted by Gasteiger charge is -1.99. The predicted octanol–water partition coefficient (Wildman–Crippen LogP) is 0.721. The zero-order valence-electron chi connectivity index (χ0n) is 5.34. The van der Waals surface area contributed by atoms with Gasteiger partial charge in [-0.3, -0.25) is 0 Å². The molecule has 1 aromatic rings. The van der Waals surface area contributed by atoms with Gasteiger partial charge >= 0.3 is 0 Å². The van der Waals surface area contributed by atoms with Gasteiger partial charge in [-0.2, -0.15) is 0 Å². The quantitative estimate of drug-likeness (QED) is 0.656. The van der Waals surface area contributed by atoms with Crippen molar-refractivity contribution in [1.82, 2.24) is 9.97 Å². The van der Waals surface area contributed by atoms with Gasteiger partial charge in [0, 0.05) is 0 Å². The van der Waals surface area contributed by atoms with Crippen molar-refractivity contribution < 1.29 is 4.74 Å². The Labute approximate surface area is 63.0 Å². The molecule has 0 fully saturated rings. The second-order valence-corrected chi connectivity index (χ2v) is 1.95. The van der Waals surface area contributed by atoms with Crippen molar-refractivity contribution in [3.63, 3.8) is 0 Å². The number of anilines is 1. The highest BCUT2D eigenvalue weighted by atomic mass is 35.5. The van der Waals surface area contributed by atoms with E-state index in [1.54, 1.807) is 0 Å². The van der Waals surface area contributed by atoms with Gasteiger partial charge in [-0.1, -0.05) is 11.6 Å².